The van der Waals surface area contributed by atoms with Gasteiger partial charge < -0.3 is 5.32 Å². The molecule has 0 unspecified atom stereocenters. The summed E-state index contributed by atoms with van der Waals surface area (Å²) in [7, 11) is -4.10. The van der Waals surface area contributed by atoms with Crippen molar-refractivity contribution in [2.24, 2.45) is 0 Å². The fraction of sp³-hybridized carbons (Fsp3) is 0.136. The van der Waals surface area contributed by atoms with Crippen LogP contribution in [-0.2, 0) is 14.8 Å². The van der Waals surface area contributed by atoms with Crippen LogP contribution in [0.15, 0.2) is 88.7 Å². The van der Waals surface area contributed by atoms with Gasteiger partial charge in [-0.3, -0.25) is 19.2 Å². The van der Waals surface area contributed by atoms with Crippen molar-refractivity contribution in [1.82, 2.24) is 0 Å². The van der Waals surface area contributed by atoms with E-state index in [9.17, 15) is 23.3 Å². The number of nitro benzene ring substituents is 1. The zero-order valence-corrected chi connectivity index (χ0v) is 18.8. The van der Waals surface area contributed by atoms with Crippen LogP contribution in [0.1, 0.15) is 6.92 Å². The van der Waals surface area contributed by atoms with E-state index in [1.54, 1.807) is 42.1 Å². The van der Waals surface area contributed by atoms with E-state index >= 15 is 0 Å². The van der Waals surface area contributed by atoms with Crippen molar-refractivity contribution >= 4 is 44.8 Å². The Bertz CT molecular complexity index is 1200. The second-order valence-electron chi connectivity index (χ2n) is 6.58. The first-order valence-corrected chi connectivity index (χ1v) is 12.1. The van der Waals surface area contributed by atoms with Gasteiger partial charge in [0.25, 0.3) is 15.7 Å². The quantitative estimate of drug-likeness (QED) is 0.279. The van der Waals surface area contributed by atoms with Gasteiger partial charge in [-0.25, -0.2) is 8.42 Å². The number of hydrogen-bond acceptors (Lipinski definition) is 6. The van der Waals surface area contributed by atoms with E-state index in [4.69, 9.17) is 0 Å². The Labute approximate surface area is 190 Å². The number of rotatable bonds is 9. The summed E-state index contributed by atoms with van der Waals surface area (Å²) in [4.78, 5) is 24.1. The average molecular weight is 472 g/mol. The van der Waals surface area contributed by atoms with Crippen molar-refractivity contribution in [2.75, 3.05) is 21.9 Å². The molecule has 3 rings (SSSR count). The number of non-ortho nitro benzene ring substituents is 1. The molecule has 32 heavy (non-hydrogen) atoms. The molecule has 0 bridgehead atoms. The number of benzene rings is 3. The molecule has 0 saturated heterocycles. The molecule has 166 valence electrons. The van der Waals surface area contributed by atoms with Crippen molar-refractivity contribution in [2.45, 2.75) is 16.7 Å². The van der Waals surface area contributed by atoms with Crippen LogP contribution in [0, 0.1) is 10.1 Å². The fourth-order valence-corrected chi connectivity index (χ4v) is 5.15. The molecule has 0 aromatic heterocycles. The smallest absolute Gasteiger partial charge is 0.269 e. The van der Waals surface area contributed by atoms with Gasteiger partial charge >= 0.3 is 0 Å². The summed E-state index contributed by atoms with van der Waals surface area (Å²) in [6.07, 6.45) is 0. The van der Waals surface area contributed by atoms with Crippen molar-refractivity contribution < 1.29 is 18.1 Å². The number of nitrogens with zero attached hydrogens (tertiary/aromatic N) is 2. The van der Waals surface area contributed by atoms with E-state index < -0.39 is 27.4 Å². The molecule has 1 amide bonds. The molecule has 0 heterocycles. The Kier molecular flexibility index (Phi) is 7.49. The first-order chi connectivity index (χ1) is 15.3. The largest absolute Gasteiger partial charge is 0.323 e. The topological polar surface area (TPSA) is 110 Å². The van der Waals surface area contributed by atoms with Crippen LogP contribution in [-0.4, -0.2) is 31.5 Å². The van der Waals surface area contributed by atoms with E-state index in [0.717, 1.165) is 15.0 Å². The van der Waals surface area contributed by atoms with E-state index in [2.05, 4.69) is 5.32 Å². The summed E-state index contributed by atoms with van der Waals surface area (Å²) in [5, 5.41) is 13.7. The normalized spacial score (nSPS) is 11.0. The fourth-order valence-electron chi connectivity index (χ4n) is 2.95. The maximum atomic E-state index is 13.3. The number of hydrogen-bond donors (Lipinski definition) is 1. The highest BCUT2D eigenvalue weighted by atomic mass is 32.2. The number of amides is 1. The second kappa shape index (κ2) is 10.3. The molecule has 0 saturated carbocycles. The zero-order chi connectivity index (χ0) is 23.1. The molecule has 1 N–H and O–H groups in total. The van der Waals surface area contributed by atoms with Gasteiger partial charge in [0.05, 0.1) is 21.2 Å². The lowest BCUT2D eigenvalue weighted by Gasteiger charge is -2.24. The van der Waals surface area contributed by atoms with Gasteiger partial charge in [0, 0.05) is 17.0 Å². The first kappa shape index (κ1) is 23.3. The van der Waals surface area contributed by atoms with Crippen LogP contribution in [0.25, 0.3) is 0 Å². The average Bonchev–Trinajstić information content (AvgIpc) is 2.79. The van der Waals surface area contributed by atoms with Crippen molar-refractivity contribution in [3.63, 3.8) is 0 Å². The summed E-state index contributed by atoms with van der Waals surface area (Å²) in [6.45, 7) is 1.49. The maximum absolute atomic E-state index is 13.3. The highest BCUT2D eigenvalue weighted by Crippen LogP contribution is 2.28. The Balaban J connectivity index is 1.94. The SMILES string of the molecule is CCSc1ccccc1NC(=O)CN(c1ccc([N+](=O)[O-])cc1)S(=O)(=O)c1ccccc1. The van der Waals surface area contributed by atoms with Crippen molar-refractivity contribution in [3.8, 4) is 0 Å². The van der Waals surface area contributed by atoms with Crippen molar-refractivity contribution in [3.05, 3.63) is 89.0 Å². The number of nitro groups is 1. The van der Waals surface area contributed by atoms with E-state index in [1.165, 1.54) is 36.4 Å². The highest BCUT2D eigenvalue weighted by Gasteiger charge is 2.27. The third-order valence-corrected chi connectivity index (χ3v) is 7.17. The minimum atomic E-state index is -4.10. The summed E-state index contributed by atoms with van der Waals surface area (Å²) >= 11 is 1.56. The molecule has 0 atom stereocenters. The molecule has 0 spiro atoms. The Hall–Kier alpha value is -3.37. The van der Waals surface area contributed by atoms with Gasteiger partial charge in [0.1, 0.15) is 6.54 Å². The number of sulfonamides is 1. The van der Waals surface area contributed by atoms with Crippen LogP contribution in [0.2, 0.25) is 0 Å². The predicted octanol–water partition coefficient (Wildman–Crippen LogP) is 4.54. The molecular formula is C22H21N3O5S2. The summed E-state index contributed by atoms with van der Waals surface area (Å²) in [6, 6.07) is 20.0. The molecule has 0 aliphatic heterocycles. The van der Waals surface area contributed by atoms with E-state index in [1.807, 2.05) is 19.1 Å². The third kappa shape index (κ3) is 5.45. The minimum Gasteiger partial charge on any atom is -0.323 e. The second-order valence-corrected chi connectivity index (χ2v) is 9.74. The highest BCUT2D eigenvalue weighted by molar-refractivity contribution is 7.99. The molecule has 10 heteroatoms. The van der Waals surface area contributed by atoms with Gasteiger partial charge in [-0.05, 0) is 42.2 Å². The van der Waals surface area contributed by atoms with Crippen LogP contribution in [0.4, 0.5) is 17.1 Å². The number of para-hydroxylation sites is 1. The first-order valence-electron chi connectivity index (χ1n) is 9.67. The Morgan fingerprint density at radius 3 is 2.25 bits per heavy atom. The number of carbonyl (C=O) groups excluding carboxylic acids is 1. The predicted molar refractivity (Wildman–Crippen MR) is 126 cm³/mol. The maximum Gasteiger partial charge on any atom is 0.269 e. The van der Waals surface area contributed by atoms with Gasteiger partial charge in [0.2, 0.25) is 5.91 Å². The molecular weight excluding hydrogens is 450 g/mol. The number of anilines is 2. The van der Waals surface area contributed by atoms with Crippen molar-refractivity contribution in [1.29, 1.82) is 0 Å². The van der Waals surface area contributed by atoms with Crippen LogP contribution < -0.4 is 9.62 Å². The van der Waals surface area contributed by atoms with Gasteiger partial charge in [-0.1, -0.05) is 37.3 Å². The summed E-state index contributed by atoms with van der Waals surface area (Å²) in [5.41, 5.74) is 0.553. The van der Waals surface area contributed by atoms with Crippen LogP contribution >= 0.6 is 11.8 Å². The standard InChI is InChI=1S/C22H21N3O5S2/c1-2-31-21-11-7-6-10-20(21)23-22(26)16-24(17-12-14-18(15-13-17)25(27)28)32(29,30)19-8-4-3-5-9-19/h3-15H,2,16H2,1H3,(H,23,26). The molecule has 8 nitrogen and oxygen atoms in total. The lowest BCUT2D eigenvalue weighted by Crippen LogP contribution is -2.38. The minimum absolute atomic E-state index is 0.00749. The Morgan fingerprint density at radius 2 is 1.62 bits per heavy atom. The van der Waals surface area contributed by atoms with Crippen LogP contribution in [0.5, 0.6) is 0 Å². The molecule has 3 aromatic rings. The van der Waals surface area contributed by atoms with Gasteiger partial charge in [-0.2, -0.15) is 0 Å². The third-order valence-electron chi connectivity index (χ3n) is 4.43. The molecule has 0 aliphatic carbocycles. The Morgan fingerprint density at radius 1 is 1.00 bits per heavy atom. The van der Waals surface area contributed by atoms with E-state index in [-0.39, 0.29) is 16.3 Å². The van der Waals surface area contributed by atoms with Gasteiger partial charge in [0.15, 0.2) is 0 Å². The summed E-state index contributed by atoms with van der Waals surface area (Å²) < 4.78 is 27.6. The number of thioether (sulfide) groups is 1. The molecule has 0 aliphatic rings. The lowest BCUT2D eigenvalue weighted by molar-refractivity contribution is -0.384. The summed E-state index contributed by atoms with van der Waals surface area (Å²) in [5.74, 6) is 0.275. The van der Waals surface area contributed by atoms with Gasteiger partial charge in [-0.15, -0.1) is 11.8 Å². The molecule has 3 aromatic carbocycles. The molecule has 0 fully saturated rings. The van der Waals surface area contributed by atoms with E-state index in [0.29, 0.717) is 5.69 Å². The number of nitrogens with one attached hydrogen (secondary N) is 1. The zero-order valence-electron chi connectivity index (χ0n) is 17.2. The molecule has 0 radical (unpaired) electrons. The van der Waals surface area contributed by atoms with Crippen LogP contribution in [0.3, 0.4) is 0 Å². The number of carbonyl (C=O) groups is 1. The monoisotopic (exact) mass is 471 g/mol. The lowest BCUT2D eigenvalue weighted by atomic mass is 10.3.